The Morgan fingerprint density at radius 2 is 1.84 bits per heavy atom. The van der Waals surface area contributed by atoms with Crippen molar-refractivity contribution in [2.45, 2.75) is 47.5 Å². The Morgan fingerprint density at radius 3 is 2.47 bits per heavy atom. The van der Waals surface area contributed by atoms with Crippen LogP contribution in [0.3, 0.4) is 0 Å². The first-order valence-electron chi connectivity index (χ1n) is 10.7. The van der Waals surface area contributed by atoms with Crippen molar-refractivity contribution in [2.24, 2.45) is 0 Å². The fraction of sp³-hybridized carbons (Fsp3) is 0.320. The molecule has 0 aliphatic carbocycles. The lowest BCUT2D eigenvalue weighted by molar-refractivity contribution is -0.118. The Hall–Kier alpha value is -3.19. The van der Waals surface area contributed by atoms with Gasteiger partial charge in [-0.3, -0.25) is 4.79 Å². The summed E-state index contributed by atoms with van der Waals surface area (Å²) in [4.78, 5) is 17.4. The summed E-state index contributed by atoms with van der Waals surface area (Å²) in [7, 11) is 0. The number of ether oxygens (including phenoxy) is 1. The van der Waals surface area contributed by atoms with Gasteiger partial charge in [0.25, 0.3) is 5.91 Å². The molecule has 0 spiro atoms. The van der Waals surface area contributed by atoms with Crippen LogP contribution in [0.25, 0.3) is 15.3 Å². The molecule has 0 aliphatic rings. The number of nitrogens with zero attached hydrogens (tertiary/aromatic N) is 3. The molecule has 0 radical (unpaired) electrons. The zero-order chi connectivity index (χ0) is 23.0. The van der Waals surface area contributed by atoms with Crippen molar-refractivity contribution in [3.05, 3.63) is 64.5 Å². The second-order valence-corrected chi connectivity index (χ2v) is 9.42. The zero-order valence-electron chi connectivity index (χ0n) is 19.3. The van der Waals surface area contributed by atoms with Crippen molar-refractivity contribution < 1.29 is 9.53 Å². The van der Waals surface area contributed by atoms with Gasteiger partial charge in [0.2, 0.25) is 5.13 Å². The SMILES string of the molecule is Cc1cc(C)n(-c2nc3cc(C)c(NC(=O)COc4ccc(C(C)C)cc4)c(C)c3s2)n1. The van der Waals surface area contributed by atoms with Crippen molar-refractivity contribution in [3.63, 3.8) is 0 Å². The molecule has 4 rings (SSSR count). The van der Waals surface area contributed by atoms with E-state index in [0.717, 1.165) is 43.6 Å². The van der Waals surface area contributed by atoms with Crippen LogP contribution in [-0.2, 0) is 4.79 Å². The molecule has 0 fully saturated rings. The topological polar surface area (TPSA) is 69.0 Å². The van der Waals surface area contributed by atoms with Gasteiger partial charge in [0.1, 0.15) is 5.75 Å². The summed E-state index contributed by atoms with van der Waals surface area (Å²) in [6.45, 7) is 12.2. The second-order valence-electron chi connectivity index (χ2n) is 8.44. The monoisotopic (exact) mass is 448 g/mol. The summed E-state index contributed by atoms with van der Waals surface area (Å²) in [5.41, 5.74) is 6.93. The quantitative estimate of drug-likeness (QED) is 0.401. The molecular weight excluding hydrogens is 420 g/mol. The third-order valence-electron chi connectivity index (χ3n) is 5.48. The smallest absolute Gasteiger partial charge is 0.262 e. The number of hydrogen-bond acceptors (Lipinski definition) is 5. The fourth-order valence-electron chi connectivity index (χ4n) is 3.75. The van der Waals surface area contributed by atoms with Crippen molar-refractivity contribution >= 4 is 33.1 Å². The molecule has 1 N–H and O–H groups in total. The number of benzene rings is 2. The van der Waals surface area contributed by atoms with Gasteiger partial charge in [0.05, 0.1) is 15.9 Å². The highest BCUT2D eigenvalue weighted by molar-refractivity contribution is 7.21. The van der Waals surface area contributed by atoms with Gasteiger partial charge in [-0.05, 0) is 74.6 Å². The third kappa shape index (κ3) is 4.39. The normalized spacial score (nSPS) is 11.3. The third-order valence-corrected chi connectivity index (χ3v) is 6.64. The number of thiazole rings is 1. The first kappa shape index (κ1) is 22.0. The van der Waals surface area contributed by atoms with E-state index in [1.807, 2.05) is 68.8 Å². The first-order valence-corrected chi connectivity index (χ1v) is 11.5. The maximum atomic E-state index is 12.6. The van der Waals surface area contributed by atoms with E-state index in [-0.39, 0.29) is 12.5 Å². The molecule has 2 aromatic carbocycles. The van der Waals surface area contributed by atoms with E-state index < -0.39 is 0 Å². The lowest BCUT2D eigenvalue weighted by Crippen LogP contribution is -2.21. The maximum absolute atomic E-state index is 12.6. The van der Waals surface area contributed by atoms with Crippen LogP contribution in [0.1, 0.15) is 47.8 Å². The van der Waals surface area contributed by atoms with E-state index in [4.69, 9.17) is 9.72 Å². The van der Waals surface area contributed by atoms with Gasteiger partial charge in [-0.25, -0.2) is 9.67 Å². The van der Waals surface area contributed by atoms with Crippen molar-refractivity contribution in [1.29, 1.82) is 0 Å². The highest BCUT2D eigenvalue weighted by Gasteiger charge is 2.17. The molecule has 0 aliphatic heterocycles. The van der Waals surface area contributed by atoms with Crippen LogP contribution < -0.4 is 10.1 Å². The summed E-state index contributed by atoms with van der Waals surface area (Å²) in [6.07, 6.45) is 0. The molecule has 4 aromatic rings. The van der Waals surface area contributed by atoms with E-state index >= 15 is 0 Å². The molecule has 1 amide bonds. The zero-order valence-corrected chi connectivity index (χ0v) is 20.1. The molecule has 2 aromatic heterocycles. The number of anilines is 1. The number of carbonyl (C=O) groups excluding carboxylic acids is 1. The second kappa shape index (κ2) is 8.74. The van der Waals surface area contributed by atoms with Crippen LogP contribution in [0.4, 0.5) is 5.69 Å². The van der Waals surface area contributed by atoms with Crippen molar-refractivity contribution in [1.82, 2.24) is 14.8 Å². The molecule has 0 unspecified atom stereocenters. The largest absolute Gasteiger partial charge is 0.484 e. The fourth-order valence-corrected chi connectivity index (χ4v) is 4.81. The first-order chi connectivity index (χ1) is 15.2. The van der Waals surface area contributed by atoms with E-state index in [9.17, 15) is 4.79 Å². The Kier molecular flexibility index (Phi) is 6.02. The summed E-state index contributed by atoms with van der Waals surface area (Å²) in [6, 6.07) is 11.9. The summed E-state index contributed by atoms with van der Waals surface area (Å²) in [5.74, 6) is 0.957. The van der Waals surface area contributed by atoms with E-state index in [1.54, 1.807) is 11.3 Å². The number of aromatic nitrogens is 3. The van der Waals surface area contributed by atoms with Crippen LogP contribution in [0, 0.1) is 27.7 Å². The number of fused-ring (bicyclic) bond motifs is 1. The molecule has 6 nitrogen and oxygen atoms in total. The number of rotatable bonds is 6. The van der Waals surface area contributed by atoms with Gasteiger partial charge in [-0.2, -0.15) is 5.10 Å². The lowest BCUT2D eigenvalue weighted by Gasteiger charge is -2.13. The Balaban J connectivity index is 1.52. The Morgan fingerprint density at radius 1 is 1.12 bits per heavy atom. The Labute approximate surface area is 192 Å². The number of nitrogens with one attached hydrogen (secondary N) is 1. The van der Waals surface area contributed by atoms with E-state index in [0.29, 0.717) is 11.7 Å². The highest BCUT2D eigenvalue weighted by Crippen LogP contribution is 2.34. The van der Waals surface area contributed by atoms with Gasteiger partial charge in [0, 0.05) is 11.4 Å². The minimum absolute atomic E-state index is 0.0440. The van der Waals surface area contributed by atoms with Gasteiger partial charge < -0.3 is 10.1 Å². The Bertz CT molecular complexity index is 1290. The predicted molar refractivity (Wildman–Crippen MR) is 130 cm³/mol. The molecule has 0 saturated carbocycles. The molecule has 0 bridgehead atoms. The van der Waals surface area contributed by atoms with E-state index in [1.165, 1.54) is 5.56 Å². The van der Waals surface area contributed by atoms with Crippen LogP contribution in [0.5, 0.6) is 5.75 Å². The number of amides is 1. The number of aryl methyl sites for hydroxylation is 4. The van der Waals surface area contributed by atoms with Crippen LogP contribution in [0.2, 0.25) is 0 Å². The predicted octanol–water partition coefficient (Wildman–Crippen LogP) is 5.86. The van der Waals surface area contributed by atoms with Gasteiger partial charge in [-0.1, -0.05) is 37.3 Å². The molecule has 7 heteroatoms. The van der Waals surface area contributed by atoms with Crippen molar-refractivity contribution in [3.8, 4) is 10.9 Å². The standard InChI is InChI=1S/C25H28N4O2S/c1-14(2)19-7-9-20(10-8-19)31-13-22(30)27-23-15(3)11-21-24(18(23)6)32-25(26-21)29-17(5)12-16(4)28-29/h7-12,14H,13H2,1-6H3,(H,27,30). The number of carbonyl (C=O) groups is 1. The van der Waals surface area contributed by atoms with Crippen LogP contribution in [0.15, 0.2) is 36.4 Å². The highest BCUT2D eigenvalue weighted by atomic mass is 32.1. The molecule has 0 atom stereocenters. The summed E-state index contributed by atoms with van der Waals surface area (Å²) < 4.78 is 8.59. The van der Waals surface area contributed by atoms with Gasteiger partial charge >= 0.3 is 0 Å². The van der Waals surface area contributed by atoms with Crippen LogP contribution in [-0.4, -0.2) is 27.3 Å². The molecule has 166 valence electrons. The maximum Gasteiger partial charge on any atom is 0.262 e. The van der Waals surface area contributed by atoms with Crippen molar-refractivity contribution in [2.75, 3.05) is 11.9 Å². The molecular formula is C25H28N4O2S. The molecule has 0 saturated heterocycles. The molecule has 2 heterocycles. The van der Waals surface area contributed by atoms with E-state index in [2.05, 4.69) is 24.3 Å². The summed E-state index contributed by atoms with van der Waals surface area (Å²) in [5, 5.41) is 8.40. The molecule has 32 heavy (non-hydrogen) atoms. The van der Waals surface area contributed by atoms with Crippen LogP contribution >= 0.6 is 11.3 Å². The minimum Gasteiger partial charge on any atom is -0.484 e. The van der Waals surface area contributed by atoms with Gasteiger partial charge in [0.15, 0.2) is 6.61 Å². The average Bonchev–Trinajstić information content (AvgIpc) is 3.32. The lowest BCUT2D eigenvalue weighted by atomic mass is 10.0. The number of hydrogen-bond donors (Lipinski definition) is 1. The average molecular weight is 449 g/mol. The summed E-state index contributed by atoms with van der Waals surface area (Å²) >= 11 is 1.58. The van der Waals surface area contributed by atoms with Gasteiger partial charge in [-0.15, -0.1) is 0 Å². The minimum atomic E-state index is -0.188.